The number of nitrogens with zero attached hydrogens (tertiary/aromatic N) is 6. The van der Waals surface area contributed by atoms with Crippen LogP contribution < -0.4 is 0 Å². The van der Waals surface area contributed by atoms with E-state index in [0.717, 1.165) is 17.8 Å². The predicted octanol–water partition coefficient (Wildman–Crippen LogP) is 2.36. The van der Waals surface area contributed by atoms with Crippen LogP contribution in [0.3, 0.4) is 0 Å². The summed E-state index contributed by atoms with van der Waals surface area (Å²) >= 11 is 0. The molecule has 0 spiro atoms. The smallest absolute Gasteiger partial charge is 0.143 e. The molecule has 0 aliphatic carbocycles. The molecule has 1 atom stereocenters. The van der Waals surface area contributed by atoms with E-state index in [1.807, 2.05) is 23.0 Å². The van der Waals surface area contributed by atoms with Crippen LogP contribution in [0, 0.1) is 0 Å². The molecule has 3 aromatic rings. The fraction of sp³-hybridized carbons (Fsp3) is 0.286. The Kier molecular flexibility index (Phi) is 3.28. The molecule has 0 radical (unpaired) electrons. The first-order valence-electron chi connectivity index (χ1n) is 6.67. The third-order valence-corrected chi connectivity index (χ3v) is 3.52. The predicted molar refractivity (Wildman–Crippen MR) is 75.0 cm³/mol. The highest BCUT2D eigenvalue weighted by molar-refractivity contribution is 5.50. The molecule has 102 valence electrons. The molecule has 0 N–H and O–H groups in total. The fourth-order valence-corrected chi connectivity index (χ4v) is 2.20. The van der Waals surface area contributed by atoms with Crippen molar-refractivity contribution in [1.29, 1.82) is 0 Å². The summed E-state index contributed by atoms with van der Waals surface area (Å²) in [6, 6.07) is 8.14. The van der Waals surface area contributed by atoms with Crippen molar-refractivity contribution in [3.63, 3.8) is 0 Å². The quantitative estimate of drug-likeness (QED) is 0.728. The van der Waals surface area contributed by atoms with E-state index < -0.39 is 0 Å². The highest BCUT2D eigenvalue weighted by Gasteiger charge is 2.12. The molecule has 2 heterocycles. The zero-order valence-electron chi connectivity index (χ0n) is 11.5. The third kappa shape index (κ3) is 2.20. The summed E-state index contributed by atoms with van der Waals surface area (Å²) < 4.78 is 3.53. The van der Waals surface area contributed by atoms with Crippen LogP contribution in [0.1, 0.15) is 31.7 Å². The number of aromatic nitrogens is 6. The van der Waals surface area contributed by atoms with Gasteiger partial charge in [-0.15, -0.1) is 5.10 Å². The van der Waals surface area contributed by atoms with E-state index in [9.17, 15) is 0 Å². The SMILES string of the molecule is CCC(C)c1ccc(-n2cnnn2)cc1-n1cccn1. The number of benzene rings is 1. The second-order valence-corrected chi connectivity index (χ2v) is 4.76. The van der Waals surface area contributed by atoms with Crippen molar-refractivity contribution >= 4 is 0 Å². The minimum atomic E-state index is 0.470. The Hall–Kier alpha value is -2.50. The van der Waals surface area contributed by atoms with Crippen molar-refractivity contribution in [2.45, 2.75) is 26.2 Å². The fourth-order valence-electron chi connectivity index (χ4n) is 2.20. The van der Waals surface area contributed by atoms with Gasteiger partial charge in [0.05, 0.1) is 11.4 Å². The lowest BCUT2D eigenvalue weighted by Crippen LogP contribution is -2.05. The third-order valence-electron chi connectivity index (χ3n) is 3.52. The topological polar surface area (TPSA) is 61.4 Å². The Labute approximate surface area is 117 Å². The monoisotopic (exact) mass is 268 g/mol. The lowest BCUT2D eigenvalue weighted by atomic mass is 9.96. The van der Waals surface area contributed by atoms with Gasteiger partial charge < -0.3 is 0 Å². The van der Waals surface area contributed by atoms with Gasteiger partial charge in [0.15, 0.2) is 0 Å². The molecule has 1 unspecified atom stereocenters. The molecule has 2 aromatic heterocycles. The van der Waals surface area contributed by atoms with Crippen molar-refractivity contribution in [1.82, 2.24) is 30.0 Å². The molecule has 0 bridgehead atoms. The second kappa shape index (κ2) is 5.24. The van der Waals surface area contributed by atoms with E-state index in [0.29, 0.717) is 5.92 Å². The first-order chi connectivity index (χ1) is 9.79. The van der Waals surface area contributed by atoms with E-state index in [1.54, 1.807) is 17.2 Å². The van der Waals surface area contributed by atoms with Crippen LogP contribution in [0.2, 0.25) is 0 Å². The Balaban J connectivity index is 2.13. The Bertz CT molecular complexity index is 672. The van der Waals surface area contributed by atoms with Gasteiger partial charge in [0, 0.05) is 12.4 Å². The average molecular weight is 268 g/mol. The molecule has 0 fully saturated rings. The van der Waals surface area contributed by atoms with Crippen LogP contribution in [0.15, 0.2) is 43.0 Å². The maximum absolute atomic E-state index is 4.34. The molecule has 0 amide bonds. The van der Waals surface area contributed by atoms with Crippen molar-refractivity contribution in [3.05, 3.63) is 48.5 Å². The molecule has 6 heteroatoms. The second-order valence-electron chi connectivity index (χ2n) is 4.76. The Morgan fingerprint density at radius 1 is 1.25 bits per heavy atom. The average Bonchev–Trinajstić information content (AvgIpc) is 3.18. The van der Waals surface area contributed by atoms with E-state index >= 15 is 0 Å². The van der Waals surface area contributed by atoms with Crippen molar-refractivity contribution in [2.24, 2.45) is 0 Å². The molecular formula is C14H16N6. The van der Waals surface area contributed by atoms with Gasteiger partial charge in [-0.3, -0.25) is 0 Å². The summed E-state index contributed by atoms with van der Waals surface area (Å²) in [6.45, 7) is 4.41. The van der Waals surface area contributed by atoms with Crippen LogP contribution >= 0.6 is 0 Å². The molecule has 0 aliphatic heterocycles. The van der Waals surface area contributed by atoms with Gasteiger partial charge in [-0.1, -0.05) is 19.9 Å². The lowest BCUT2D eigenvalue weighted by molar-refractivity contribution is 0.715. The summed E-state index contributed by atoms with van der Waals surface area (Å²) in [5.41, 5.74) is 3.26. The van der Waals surface area contributed by atoms with Gasteiger partial charge in [-0.2, -0.15) is 5.10 Å². The Morgan fingerprint density at radius 3 is 2.80 bits per heavy atom. The minimum absolute atomic E-state index is 0.470. The van der Waals surface area contributed by atoms with Crippen LogP contribution in [0.25, 0.3) is 11.4 Å². The summed E-state index contributed by atoms with van der Waals surface area (Å²) in [4.78, 5) is 0. The highest BCUT2D eigenvalue weighted by atomic mass is 15.5. The van der Waals surface area contributed by atoms with E-state index in [-0.39, 0.29) is 0 Å². The van der Waals surface area contributed by atoms with Crippen LogP contribution in [0.4, 0.5) is 0 Å². The molecule has 0 saturated carbocycles. The summed E-state index contributed by atoms with van der Waals surface area (Å²) in [5.74, 6) is 0.470. The van der Waals surface area contributed by atoms with Crippen molar-refractivity contribution in [2.75, 3.05) is 0 Å². The first-order valence-corrected chi connectivity index (χ1v) is 6.67. The van der Waals surface area contributed by atoms with Crippen LogP contribution in [-0.4, -0.2) is 30.0 Å². The highest BCUT2D eigenvalue weighted by Crippen LogP contribution is 2.27. The number of rotatable bonds is 4. The van der Waals surface area contributed by atoms with Gasteiger partial charge in [0.1, 0.15) is 6.33 Å². The normalized spacial score (nSPS) is 12.5. The van der Waals surface area contributed by atoms with Crippen LogP contribution in [-0.2, 0) is 0 Å². The number of hydrogen-bond acceptors (Lipinski definition) is 4. The molecule has 3 rings (SSSR count). The van der Waals surface area contributed by atoms with Crippen molar-refractivity contribution in [3.8, 4) is 11.4 Å². The number of tetrazole rings is 1. The minimum Gasteiger partial charge on any atom is -0.241 e. The van der Waals surface area contributed by atoms with Gasteiger partial charge >= 0.3 is 0 Å². The first kappa shape index (κ1) is 12.5. The molecule has 0 saturated heterocycles. The van der Waals surface area contributed by atoms with E-state index in [2.05, 4.69) is 46.6 Å². The van der Waals surface area contributed by atoms with E-state index in [4.69, 9.17) is 0 Å². The van der Waals surface area contributed by atoms with Gasteiger partial charge in [0.25, 0.3) is 0 Å². The van der Waals surface area contributed by atoms with E-state index in [1.165, 1.54) is 5.56 Å². The Morgan fingerprint density at radius 2 is 2.15 bits per heavy atom. The summed E-state index contributed by atoms with van der Waals surface area (Å²) in [6.07, 6.45) is 6.40. The lowest BCUT2D eigenvalue weighted by Gasteiger charge is -2.16. The maximum Gasteiger partial charge on any atom is 0.143 e. The molecule has 0 aliphatic rings. The zero-order chi connectivity index (χ0) is 13.9. The molecule has 20 heavy (non-hydrogen) atoms. The van der Waals surface area contributed by atoms with Gasteiger partial charge in [0.2, 0.25) is 0 Å². The molecular weight excluding hydrogens is 252 g/mol. The summed E-state index contributed by atoms with van der Waals surface area (Å²) in [7, 11) is 0. The van der Waals surface area contributed by atoms with Gasteiger partial charge in [-0.25, -0.2) is 9.36 Å². The maximum atomic E-state index is 4.34. The van der Waals surface area contributed by atoms with Crippen LogP contribution in [0.5, 0.6) is 0 Å². The molecule has 6 nitrogen and oxygen atoms in total. The van der Waals surface area contributed by atoms with Crippen molar-refractivity contribution < 1.29 is 0 Å². The standard InChI is InChI=1S/C14H16N6/c1-3-11(2)13-6-5-12(20-10-15-17-18-20)9-14(13)19-8-4-7-16-19/h4-11H,3H2,1-2H3. The summed E-state index contributed by atoms with van der Waals surface area (Å²) in [5, 5.41) is 15.6. The van der Waals surface area contributed by atoms with Gasteiger partial charge in [-0.05, 0) is 46.5 Å². The molecule has 1 aromatic carbocycles. The largest absolute Gasteiger partial charge is 0.241 e. The zero-order valence-corrected chi connectivity index (χ0v) is 11.5. The number of hydrogen-bond donors (Lipinski definition) is 0.